The minimum absolute atomic E-state index is 0.0160. The van der Waals surface area contributed by atoms with Crippen LogP contribution in [-0.2, 0) is 0 Å². The zero-order valence-electron chi connectivity index (χ0n) is 69.7. The SMILES string of the molecule is CCCC1CC(C(C)(C)C)CCC1O.CCCC1CCC(C(C)(C)C)CC1O.CCCC1CCC(O)C(C(C)(C)C)C1.CCCC1CCC(O)CC1C(C)(C)C.CCCC1CCCC(C(C)(C)C)C1O.CCCCC1C(C)CC(C)CC1O.CCCCC1C(O)CCC(C)C1C. The molecular formula is C89H178O7. The Labute approximate surface area is 601 Å². The van der Waals surface area contributed by atoms with E-state index < -0.39 is 0 Å². The summed E-state index contributed by atoms with van der Waals surface area (Å²) in [7, 11) is 0. The van der Waals surface area contributed by atoms with Gasteiger partial charge in [0.1, 0.15) is 0 Å². The van der Waals surface area contributed by atoms with Crippen LogP contribution in [0, 0.1) is 122 Å². The minimum Gasteiger partial charge on any atom is -0.393 e. The van der Waals surface area contributed by atoms with E-state index in [4.69, 9.17) is 0 Å². The molecule has 0 aliphatic heterocycles. The maximum absolute atomic E-state index is 10.3. The van der Waals surface area contributed by atoms with Gasteiger partial charge >= 0.3 is 0 Å². The van der Waals surface area contributed by atoms with E-state index in [1.807, 2.05) is 0 Å². The van der Waals surface area contributed by atoms with Gasteiger partial charge in [0.15, 0.2) is 0 Å². The highest BCUT2D eigenvalue weighted by atomic mass is 16.3. The first-order chi connectivity index (χ1) is 44.6. The van der Waals surface area contributed by atoms with E-state index in [0.717, 1.165) is 86.4 Å². The molecule has 0 radical (unpaired) electrons. The Bertz CT molecular complexity index is 1850. The van der Waals surface area contributed by atoms with Crippen molar-refractivity contribution in [3.8, 4) is 0 Å². The van der Waals surface area contributed by atoms with Gasteiger partial charge in [-0.05, 0) is 269 Å². The summed E-state index contributed by atoms with van der Waals surface area (Å²) >= 11 is 0. The summed E-state index contributed by atoms with van der Waals surface area (Å²) in [6.07, 6.45) is 41.9. The fraction of sp³-hybridized carbons (Fsp3) is 1.00. The van der Waals surface area contributed by atoms with E-state index in [2.05, 4.69) is 180 Å². The molecule has 0 amide bonds. The molecule has 0 bridgehead atoms. The van der Waals surface area contributed by atoms with Crippen LogP contribution in [0.1, 0.15) is 405 Å². The zero-order valence-corrected chi connectivity index (χ0v) is 69.7. The van der Waals surface area contributed by atoms with Crippen molar-refractivity contribution in [2.75, 3.05) is 0 Å². The first-order valence-corrected chi connectivity index (χ1v) is 42.3. The summed E-state index contributed by atoms with van der Waals surface area (Å²) < 4.78 is 0. The number of hydrogen-bond acceptors (Lipinski definition) is 7. The van der Waals surface area contributed by atoms with Gasteiger partial charge in [-0.1, -0.05) is 257 Å². The standard InChI is InChI=1S/5C13H26O.2C12H24O/c1-5-7-10-8-6-9-11(12(10)14)13(2,3)4;1-5-6-10-9-11(13(2,3)4)7-8-12(10)14;1-5-6-10-7-8-11(14)9-12(10)13(2,3)4;1-5-6-10-7-8-11(9-12(10)14)13(2,3)4;1-5-6-10-7-8-12(14)11(9-10)13(2,3)4;1-4-5-6-11-10(3)7-9(2)8-12(11)13;1-4-5-6-11-10(3)9(2)7-8-12(11)13/h5*10-12,14H,5-9H2,1-4H3;2*9-13H,4-8H2,1-3H3. The highest BCUT2D eigenvalue weighted by Gasteiger charge is 2.41. The Morgan fingerprint density at radius 3 is 1.26 bits per heavy atom. The van der Waals surface area contributed by atoms with Gasteiger partial charge in [0.05, 0.1) is 42.7 Å². The molecule has 0 heterocycles. The van der Waals surface area contributed by atoms with Crippen LogP contribution in [0.2, 0.25) is 0 Å². The van der Waals surface area contributed by atoms with E-state index in [1.54, 1.807) is 0 Å². The van der Waals surface area contributed by atoms with Gasteiger partial charge in [-0.25, -0.2) is 0 Å². The monoisotopic (exact) mass is 1360 g/mol. The smallest absolute Gasteiger partial charge is 0.0601 e. The lowest BCUT2D eigenvalue weighted by Crippen LogP contribution is -2.40. The van der Waals surface area contributed by atoms with E-state index in [-0.39, 0.29) is 53.6 Å². The lowest BCUT2D eigenvalue weighted by atomic mass is 9.64. The van der Waals surface area contributed by atoms with Crippen molar-refractivity contribution in [2.45, 2.75) is 447 Å². The summed E-state index contributed by atoms with van der Waals surface area (Å²) in [6, 6.07) is 0. The van der Waals surface area contributed by atoms with Gasteiger partial charge < -0.3 is 35.7 Å². The Morgan fingerprint density at radius 2 is 0.760 bits per heavy atom. The normalized spacial score (nSPS) is 36.2. The van der Waals surface area contributed by atoms with Crippen LogP contribution in [0.3, 0.4) is 0 Å². The van der Waals surface area contributed by atoms with Crippen molar-refractivity contribution in [2.24, 2.45) is 122 Å². The van der Waals surface area contributed by atoms with Crippen LogP contribution < -0.4 is 0 Å². The summed E-state index contributed by atoms with van der Waals surface area (Å²) in [5.74, 6) is 10.8. The quantitative estimate of drug-likeness (QED) is 0.0816. The summed E-state index contributed by atoms with van der Waals surface area (Å²) in [5, 5.41) is 69.8. The average Bonchev–Trinajstić information content (AvgIpc) is 1.31. The minimum atomic E-state index is -0.0527. The van der Waals surface area contributed by atoms with Crippen molar-refractivity contribution < 1.29 is 35.7 Å². The zero-order chi connectivity index (χ0) is 73.5. The maximum atomic E-state index is 10.3. The molecule has 23 atom stereocenters. The predicted octanol–water partition coefficient (Wildman–Crippen LogP) is 24.5. The largest absolute Gasteiger partial charge is 0.393 e. The molecule has 0 aromatic rings. The van der Waals surface area contributed by atoms with Gasteiger partial charge in [-0.15, -0.1) is 0 Å². The van der Waals surface area contributed by atoms with E-state index in [0.29, 0.717) is 69.5 Å². The van der Waals surface area contributed by atoms with Gasteiger partial charge in [0, 0.05) is 0 Å². The molecule has 7 aliphatic carbocycles. The molecule has 0 saturated heterocycles. The van der Waals surface area contributed by atoms with E-state index in [9.17, 15) is 35.7 Å². The molecule has 7 rings (SSSR count). The third-order valence-corrected chi connectivity index (χ3v) is 26.3. The van der Waals surface area contributed by atoms with E-state index in [1.165, 1.54) is 180 Å². The highest BCUT2D eigenvalue weighted by molar-refractivity contribution is 4.92. The molecule has 7 heteroatoms. The van der Waals surface area contributed by atoms with Crippen LogP contribution in [0.5, 0.6) is 0 Å². The van der Waals surface area contributed by atoms with Crippen molar-refractivity contribution in [3.63, 3.8) is 0 Å². The fourth-order valence-electron chi connectivity index (χ4n) is 19.5. The molecule has 0 aromatic heterocycles. The number of aliphatic hydroxyl groups excluding tert-OH is 7. The van der Waals surface area contributed by atoms with Crippen molar-refractivity contribution in [1.29, 1.82) is 0 Å². The summed E-state index contributed by atoms with van der Waals surface area (Å²) in [6.45, 7) is 59.2. The molecule has 7 aliphatic rings. The average molecular weight is 1360 g/mol. The predicted molar refractivity (Wildman–Crippen MR) is 419 cm³/mol. The van der Waals surface area contributed by atoms with Crippen molar-refractivity contribution in [3.05, 3.63) is 0 Å². The van der Waals surface area contributed by atoms with Gasteiger partial charge in [0.25, 0.3) is 0 Å². The highest BCUT2D eigenvalue weighted by Crippen LogP contribution is 2.47. The first kappa shape index (κ1) is 93.7. The van der Waals surface area contributed by atoms with Crippen LogP contribution >= 0.6 is 0 Å². The third kappa shape index (κ3) is 35.0. The molecule has 7 saturated carbocycles. The number of unbranched alkanes of at least 4 members (excludes halogenated alkanes) is 2. The van der Waals surface area contributed by atoms with Crippen LogP contribution in [-0.4, -0.2) is 78.5 Å². The second-order valence-corrected chi connectivity index (χ2v) is 39.6. The fourth-order valence-corrected chi connectivity index (χ4v) is 19.5. The Morgan fingerprint density at radius 1 is 0.292 bits per heavy atom. The Balaban J connectivity index is 0.000000560. The first-order valence-electron chi connectivity index (χ1n) is 42.3. The lowest BCUT2D eigenvalue weighted by Gasteiger charge is -2.42. The molecular weight excluding hydrogens is 1180 g/mol. The maximum Gasteiger partial charge on any atom is 0.0601 e. The van der Waals surface area contributed by atoms with Gasteiger partial charge in [0.2, 0.25) is 0 Å². The van der Waals surface area contributed by atoms with Gasteiger partial charge in [-0.2, -0.15) is 0 Å². The Kier molecular flexibility index (Phi) is 45.4. The van der Waals surface area contributed by atoms with Crippen molar-refractivity contribution in [1.82, 2.24) is 0 Å². The lowest BCUT2D eigenvalue weighted by molar-refractivity contribution is -0.0330. The van der Waals surface area contributed by atoms with Crippen LogP contribution in [0.25, 0.3) is 0 Å². The molecule has 0 spiro atoms. The molecule has 0 aromatic carbocycles. The van der Waals surface area contributed by atoms with Crippen LogP contribution in [0.4, 0.5) is 0 Å². The number of hydrogen-bond donors (Lipinski definition) is 7. The molecule has 7 nitrogen and oxygen atoms in total. The molecule has 7 fully saturated rings. The number of aliphatic hydroxyl groups is 7. The topological polar surface area (TPSA) is 142 Å². The summed E-state index contributed by atoms with van der Waals surface area (Å²) in [5.41, 5.74) is 1.70. The number of rotatable bonds is 16. The molecule has 23 unspecified atom stereocenters. The van der Waals surface area contributed by atoms with E-state index >= 15 is 0 Å². The second-order valence-electron chi connectivity index (χ2n) is 39.6. The van der Waals surface area contributed by atoms with Gasteiger partial charge in [-0.3, -0.25) is 0 Å². The Hall–Kier alpha value is -0.280. The van der Waals surface area contributed by atoms with Crippen LogP contribution in [0.15, 0.2) is 0 Å². The molecule has 7 N–H and O–H groups in total. The second kappa shape index (κ2) is 46.5. The molecule has 576 valence electrons. The molecule has 96 heavy (non-hydrogen) atoms. The van der Waals surface area contributed by atoms with Crippen molar-refractivity contribution >= 4 is 0 Å². The summed E-state index contributed by atoms with van der Waals surface area (Å²) in [4.78, 5) is 0. The third-order valence-electron chi connectivity index (χ3n) is 26.3.